The van der Waals surface area contributed by atoms with E-state index in [9.17, 15) is 4.79 Å². The van der Waals surface area contributed by atoms with Gasteiger partial charge in [-0.25, -0.2) is 4.99 Å². The average Bonchev–Trinajstić information content (AvgIpc) is 3.21. The number of hydrogen-bond acceptors (Lipinski definition) is 5. The number of fused-ring (bicyclic) bond motifs is 2. The number of likely N-dealkylation sites (N-methyl/N-ethyl adjacent to an activating group) is 1. The van der Waals surface area contributed by atoms with Gasteiger partial charge >= 0.3 is 0 Å². The Kier molecular flexibility index (Phi) is 7.37. The summed E-state index contributed by atoms with van der Waals surface area (Å²) in [5, 5.41) is 0. The van der Waals surface area contributed by atoms with E-state index in [-0.39, 0.29) is 18.0 Å². The van der Waals surface area contributed by atoms with Crippen molar-refractivity contribution in [2.45, 2.75) is 38.5 Å². The first-order chi connectivity index (χ1) is 19.0. The van der Waals surface area contributed by atoms with Crippen LogP contribution in [0, 0.1) is 0 Å². The van der Waals surface area contributed by atoms with Crippen molar-refractivity contribution in [3.05, 3.63) is 120 Å². The highest BCUT2D eigenvalue weighted by molar-refractivity contribution is 6.07. The van der Waals surface area contributed by atoms with E-state index in [1.54, 1.807) is 7.05 Å². The molecule has 0 saturated carbocycles. The molecular formula is C33H33N3O3. The third-order valence-electron chi connectivity index (χ3n) is 7.09. The van der Waals surface area contributed by atoms with Crippen LogP contribution in [0.25, 0.3) is 11.1 Å². The van der Waals surface area contributed by atoms with Gasteiger partial charge in [0, 0.05) is 19.0 Å². The molecule has 4 aromatic rings. The van der Waals surface area contributed by atoms with E-state index in [0.717, 1.165) is 33.6 Å². The van der Waals surface area contributed by atoms with Crippen molar-refractivity contribution in [3.8, 4) is 22.6 Å². The maximum absolute atomic E-state index is 13.6. The van der Waals surface area contributed by atoms with Gasteiger partial charge in [-0.1, -0.05) is 92.7 Å². The topological polar surface area (TPSA) is 77.2 Å². The second-order valence-corrected chi connectivity index (χ2v) is 9.43. The zero-order valence-electron chi connectivity index (χ0n) is 22.5. The molecule has 2 aliphatic heterocycles. The Bertz CT molecular complexity index is 1470. The van der Waals surface area contributed by atoms with Gasteiger partial charge in [-0.15, -0.1) is 0 Å². The third-order valence-corrected chi connectivity index (χ3v) is 7.09. The van der Waals surface area contributed by atoms with Gasteiger partial charge in [0.15, 0.2) is 11.5 Å². The maximum Gasteiger partial charge on any atom is 0.261 e. The molecule has 198 valence electrons. The van der Waals surface area contributed by atoms with Crippen molar-refractivity contribution in [2.24, 2.45) is 10.7 Å². The molecule has 6 nitrogen and oxygen atoms in total. The fraction of sp³-hybridized carbons (Fsp3) is 0.212. The lowest BCUT2D eigenvalue weighted by Crippen LogP contribution is -2.43. The summed E-state index contributed by atoms with van der Waals surface area (Å²) in [7, 11) is 1.67. The third kappa shape index (κ3) is 4.98. The number of nitrogens with two attached hydrogens (primary N) is 1. The lowest BCUT2D eigenvalue weighted by Gasteiger charge is -2.37. The minimum absolute atomic E-state index is 0.141. The number of aliphatic imine (C=N–C) groups is 1. The van der Waals surface area contributed by atoms with E-state index in [2.05, 4.69) is 0 Å². The van der Waals surface area contributed by atoms with Gasteiger partial charge in [-0.05, 0) is 46.5 Å². The highest BCUT2D eigenvalue weighted by Crippen LogP contribution is 2.50. The summed E-state index contributed by atoms with van der Waals surface area (Å²) in [6.45, 7) is 4.51. The first-order valence-corrected chi connectivity index (χ1v) is 13.3. The highest BCUT2D eigenvalue weighted by atomic mass is 16.5. The largest absolute Gasteiger partial charge is 0.489 e. The molecule has 2 N–H and O–H groups in total. The van der Waals surface area contributed by atoms with E-state index in [1.165, 1.54) is 4.90 Å². The fourth-order valence-corrected chi connectivity index (χ4v) is 5.06. The van der Waals surface area contributed by atoms with Crippen LogP contribution < -0.4 is 15.2 Å². The number of hydrogen-bond donors (Lipinski definition) is 1. The zero-order chi connectivity index (χ0) is 27.4. The number of ether oxygens (including phenoxy) is 2. The fourth-order valence-electron chi connectivity index (χ4n) is 5.06. The Morgan fingerprint density at radius 3 is 2.21 bits per heavy atom. The second-order valence-electron chi connectivity index (χ2n) is 9.43. The van der Waals surface area contributed by atoms with Crippen molar-refractivity contribution in [1.82, 2.24) is 4.90 Å². The molecule has 0 aliphatic carbocycles. The molecule has 0 fully saturated rings. The van der Waals surface area contributed by atoms with Crippen LogP contribution >= 0.6 is 0 Å². The van der Waals surface area contributed by atoms with Gasteiger partial charge in [-0.2, -0.15) is 0 Å². The quantitative estimate of drug-likeness (QED) is 0.328. The molecule has 2 aliphatic rings. The van der Waals surface area contributed by atoms with Crippen LogP contribution in [-0.4, -0.2) is 23.8 Å². The molecule has 4 aromatic carbocycles. The van der Waals surface area contributed by atoms with Crippen LogP contribution in [0.5, 0.6) is 11.5 Å². The minimum atomic E-state index is -1.12. The Labute approximate surface area is 229 Å². The number of guanidine groups is 1. The smallest absolute Gasteiger partial charge is 0.261 e. The first kappa shape index (κ1) is 26.0. The van der Waals surface area contributed by atoms with E-state index in [4.69, 9.17) is 20.2 Å². The number of amides is 1. The Balaban J connectivity index is 0.00000151. The van der Waals surface area contributed by atoms with Crippen LogP contribution in [0.3, 0.4) is 0 Å². The van der Waals surface area contributed by atoms with Gasteiger partial charge in [0.2, 0.25) is 0 Å². The molecule has 1 spiro atoms. The van der Waals surface area contributed by atoms with Gasteiger partial charge in [0.1, 0.15) is 24.2 Å². The molecule has 2 atom stereocenters. The normalized spacial score (nSPS) is 19.5. The number of nitrogens with zero attached hydrogens (tertiary/aromatic N) is 2. The number of benzene rings is 4. The van der Waals surface area contributed by atoms with Gasteiger partial charge in [0.05, 0.1) is 0 Å². The molecule has 0 bridgehead atoms. The van der Waals surface area contributed by atoms with E-state index < -0.39 is 5.54 Å². The summed E-state index contributed by atoms with van der Waals surface area (Å²) in [6, 6.07) is 33.9. The second kappa shape index (κ2) is 11.0. The van der Waals surface area contributed by atoms with Gasteiger partial charge in [0.25, 0.3) is 5.91 Å². The summed E-state index contributed by atoms with van der Waals surface area (Å²) in [5.74, 6) is 1.51. The van der Waals surface area contributed by atoms with Crippen LogP contribution in [0.15, 0.2) is 108 Å². The van der Waals surface area contributed by atoms with Crippen LogP contribution in [0.1, 0.15) is 43.1 Å². The summed E-state index contributed by atoms with van der Waals surface area (Å²) in [6.07, 6.45) is 0.0662. The lowest BCUT2D eigenvalue weighted by molar-refractivity contribution is -0.132. The van der Waals surface area contributed by atoms with E-state index in [0.29, 0.717) is 18.8 Å². The Hall–Kier alpha value is -4.58. The van der Waals surface area contributed by atoms with Crippen molar-refractivity contribution >= 4 is 11.9 Å². The van der Waals surface area contributed by atoms with Crippen LogP contribution in [0.4, 0.5) is 0 Å². The number of carbonyl (C=O) groups is 1. The molecule has 6 rings (SSSR count). The van der Waals surface area contributed by atoms with Crippen molar-refractivity contribution in [1.29, 1.82) is 0 Å². The highest BCUT2D eigenvalue weighted by Gasteiger charge is 2.53. The zero-order valence-corrected chi connectivity index (χ0v) is 22.5. The van der Waals surface area contributed by atoms with E-state index >= 15 is 0 Å². The van der Waals surface area contributed by atoms with Crippen LogP contribution in [0.2, 0.25) is 0 Å². The summed E-state index contributed by atoms with van der Waals surface area (Å²) >= 11 is 0. The molecule has 0 saturated heterocycles. The monoisotopic (exact) mass is 519 g/mol. The molecular weight excluding hydrogens is 486 g/mol. The Morgan fingerprint density at radius 2 is 1.56 bits per heavy atom. The predicted molar refractivity (Wildman–Crippen MR) is 154 cm³/mol. The Morgan fingerprint density at radius 1 is 0.923 bits per heavy atom. The van der Waals surface area contributed by atoms with Crippen molar-refractivity contribution in [3.63, 3.8) is 0 Å². The van der Waals surface area contributed by atoms with E-state index in [1.807, 2.05) is 117 Å². The molecule has 0 aromatic heterocycles. The molecule has 2 heterocycles. The van der Waals surface area contributed by atoms with Gasteiger partial charge in [-0.3, -0.25) is 9.69 Å². The molecule has 0 radical (unpaired) electrons. The molecule has 6 heteroatoms. The van der Waals surface area contributed by atoms with Gasteiger partial charge < -0.3 is 15.2 Å². The molecule has 1 amide bonds. The minimum Gasteiger partial charge on any atom is -0.489 e. The lowest BCUT2D eigenvalue weighted by atomic mass is 9.79. The standard InChI is InChI=1S/C31H27N3O3.C2H6/c1-34-29(35)31(33-30(34)32)19-28(23-10-6-3-7-11-23)37-27-17-14-24(18-26(27)31)22-12-15-25(16-13-22)36-20-21-8-4-2-5-9-21;1-2/h2-18,28H,19-20H2,1H3,(H2,32,33);1-2H3. The first-order valence-electron chi connectivity index (χ1n) is 13.3. The number of carbonyl (C=O) groups excluding carboxylic acids is 1. The SMILES string of the molecule is CC.CN1C(=O)C2(CC(c3ccccc3)Oc3ccc(-c4ccc(OCc5ccccc5)cc4)cc32)N=C1N. The summed E-state index contributed by atoms with van der Waals surface area (Å²) in [5.41, 5.74) is 9.85. The predicted octanol–water partition coefficient (Wildman–Crippen LogP) is 6.46. The molecule has 2 unspecified atom stereocenters. The van der Waals surface area contributed by atoms with Crippen molar-refractivity contribution in [2.75, 3.05) is 7.05 Å². The number of rotatable bonds is 5. The van der Waals surface area contributed by atoms with Crippen LogP contribution in [-0.2, 0) is 16.9 Å². The summed E-state index contributed by atoms with van der Waals surface area (Å²) in [4.78, 5) is 19.7. The summed E-state index contributed by atoms with van der Waals surface area (Å²) < 4.78 is 12.3. The molecule has 39 heavy (non-hydrogen) atoms. The average molecular weight is 520 g/mol. The van der Waals surface area contributed by atoms with Crippen molar-refractivity contribution < 1.29 is 14.3 Å². The maximum atomic E-state index is 13.6.